The summed E-state index contributed by atoms with van der Waals surface area (Å²) in [6.07, 6.45) is 2.74. The summed E-state index contributed by atoms with van der Waals surface area (Å²) < 4.78 is 10.5. The van der Waals surface area contributed by atoms with Crippen molar-refractivity contribution in [1.29, 1.82) is 0 Å². The van der Waals surface area contributed by atoms with Gasteiger partial charge in [-0.1, -0.05) is 0 Å². The van der Waals surface area contributed by atoms with E-state index >= 15 is 0 Å². The van der Waals surface area contributed by atoms with E-state index in [0.29, 0.717) is 36.5 Å². The van der Waals surface area contributed by atoms with Crippen LogP contribution in [-0.2, 0) is 14.3 Å². The molecule has 1 aliphatic rings. The van der Waals surface area contributed by atoms with Gasteiger partial charge in [-0.05, 0) is 37.0 Å². The Hall–Kier alpha value is -2.99. The maximum atomic E-state index is 12.7. The lowest BCUT2D eigenvalue weighted by Crippen LogP contribution is -2.33. The van der Waals surface area contributed by atoms with Crippen LogP contribution in [0.2, 0.25) is 0 Å². The van der Waals surface area contributed by atoms with Crippen LogP contribution in [-0.4, -0.2) is 84.3 Å². The van der Waals surface area contributed by atoms with Crippen LogP contribution in [0.3, 0.4) is 0 Å². The summed E-state index contributed by atoms with van der Waals surface area (Å²) in [7, 11) is 3.02. The molecule has 2 heterocycles. The lowest BCUT2D eigenvalue weighted by Gasteiger charge is -2.16. The molecule has 0 saturated carbocycles. The predicted octanol–water partition coefficient (Wildman–Crippen LogP) is 0.736. The monoisotopic (exact) mass is 452 g/mol. The van der Waals surface area contributed by atoms with Crippen LogP contribution in [0.15, 0.2) is 22.3 Å². The van der Waals surface area contributed by atoms with Crippen molar-refractivity contribution in [3.8, 4) is 5.88 Å². The maximum absolute atomic E-state index is 12.7. The smallest absolute Gasteiger partial charge is 0.322 e. The zero-order valence-electron chi connectivity index (χ0n) is 17.6. The Morgan fingerprint density at radius 3 is 2.81 bits per heavy atom. The third kappa shape index (κ3) is 6.25. The van der Waals surface area contributed by atoms with E-state index in [9.17, 15) is 9.59 Å². The first-order valence-electron chi connectivity index (χ1n) is 9.54. The van der Waals surface area contributed by atoms with E-state index in [1.54, 1.807) is 18.1 Å². The van der Waals surface area contributed by atoms with E-state index in [0.717, 1.165) is 6.42 Å². The molecule has 12 heteroatoms. The molecule has 1 unspecified atom stereocenters. The summed E-state index contributed by atoms with van der Waals surface area (Å²) in [6, 6.07) is 0. The molecule has 1 aromatic heterocycles. The van der Waals surface area contributed by atoms with Gasteiger partial charge in [0, 0.05) is 20.2 Å². The summed E-state index contributed by atoms with van der Waals surface area (Å²) in [5, 5.41) is 11.6. The number of aromatic amines is 1. The first kappa shape index (κ1) is 24.3. The molecular weight excluding hydrogens is 424 g/mol. The van der Waals surface area contributed by atoms with Gasteiger partial charge in [0.15, 0.2) is 11.6 Å². The highest BCUT2D eigenvalue weighted by Crippen LogP contribution is 2.28. The molecule has 5 N–H and O–H groups in total. The fraction of sp³-hybridized carbons (Fsp3) is 0.474. The molecule has 2 rings (SSSR count). The SMILES string of the molecule is C=N/C(=C(\C=C(/N)C(=O)N1CCC(OC)C1)CCS)c1nc(OC)c(NCC(=O)O)[nH]1. The Morgan fingerprint density at radius 2 is 2.26 bits per heavy atom. The van der Waals surface area contributed by atoms with Gasteiger partial charge in [0.1, 0.15) is 12.2 Å². The molecule has 1 aliphatic heterocycles. The largest absolute Gasteiger partial charge is 0.480 e. The number of carbonyl (C=O) groups is 2. The highest BCUT2D eigenvalue weighted by molar-refractivity contribution is 7.80. The van der Waals surface area contributed by atoms with E-state index in [2.05, 4.69) is 39.6 Å². The number of aliphatic carboxylic acids is 1. The minimum Gasteiger partial charge on any atom is -0.480 e. The Morgan fingerprint density at radius 1 is 1.52 bits per heavy atom. The average molecular weight is 453 g/mol. The van der Waals surface area contributed by atoms with Crippen molar-refractivity contribution in [2.75, 3.05) is 44.9 Å². The number of methoxy groups -OCH3 is 2. The summed E-state index contributed by atoms with van der Waals surface area (Å²) in [6.45, 7) is 4.32. The second-order valence-corrected chi connectivity index (χ2v) is 7.17. The number of nitrogens with zero attached hydrogens (tertiary/aromatic N) is 3. The molecule has 1 saturated heterocycles. The van der Waals surface area contributed by atoms with E-state index in [1.807, 2.05) is 0 Å². The fourth-order valence-corrected chi connectivity index (χ4v) is 3.39. The first-order valence-corrected chi connectivity index (χ1v) is 10.2. The van der Waals surface area contributed by atoms with E-state index in [1.165, 1.54) is 7.11 Å². The number of hydrogen-bond acceptors (Lipinski definition) is 9. The van der Waals surface area contributed by atoms with Crippen molar-refractivity contribution in [3.63, 3.8) is 0 Å². The van der Waals surface area contributed by atoms with E-state index in [-0.39, 0.29) is 41.8 Å². The molecule has 1 fully saturated rings. The Bertz CT molecular complexity index is 881. The average Bonchev–Trinajstić information content (AvgIpc) is 3.39. The van der Waals surface area contributed by atoms with Crippen LogP contribution < -0.4 is 15.8 Å². The summed E-state index contributed by atoms with van der Waals surface area (Å²) >= 11 is 4.28. The number of nitrogens with one attached hydrogen (secondary N) is 2. The molecule has 0 bridgehead atoms. The third-order valence-electron chi connectivity index (χ3n) is 4.69. The standard InChI is InChI=1S/C19H28N6O5S/c1-21-15(16-23-17(18(24-16)30-3)22-9-14(26)27)11(5-7-31)8-13(20)19(28)25-6-4-12(10-25)29-2/h8,12,22,31H,1,4-7,9-10,20H2,2-3H3,(H,23,24)(H,26,27)/b13-8-,15-11-. The normalized spacial score (nSPS) is 17.3. The number of rotatable bonds is 11. The number of imidazole rings is 1. The number of aliphatic imine (C=N–C) groups is 1. The number of H-pyrrole nitrogens is 1. The van der Waals surface area contributed by atoms with Gasteiger partial charge < -0.3 is 35.5 Å². The fourth-order valence-electron chi connectivity index (χ4n) is 3.15. The molecule has 1 amide bonds. The van der Waals surface area contributed by atoms with Crippen molar-refractivity contribution in [3.05, 3.63) is 23.2 Å². The molecule has 1 atom stereocenters. The molecule has 0 aromatic carbocycles. The first-order chi connectivity index (χ1) is 14.8. The van der Waals surface area contributed by atoms with Gasteiger partial charge >= 0.3 is 5.97 Å². The van der Waals surface area contributed by atoms with Crippen molar-refractivity contribution < 1.29 is 24.2 Å². The number of carboxylic acids is 1. The summed E-state index contributed by atoms with van der Waals surface area (Å²) in [4.78, 5) is 36.5. The highest BCUT2D eigenvalue weighted by Gasteiger charge is 2.27. The quantitative estimate of drug-likeness (QED) is 0.142. The van der Waals surface area contributed by atoms with Gasteiger partial charge in [0.05, 0.1) is 18.9 Å². The summed E-state index contributed by atoms with van der Waals surface area (Å²) in [5.41, 5.74) is 7.10. The van der Waals surface area contributed by atoms with E-state index < -0.39 is 5.97 Å². The molecule has 11 nitrogen and oxygen atoms in total. The lowest BCUT2D eigenvalue weighted by molar-refractivity contribution is -0.135. The van der Waals surface area contributed by atoms with Crippen molar-refractivity contribution in [1.82, 2.24) is 14.9 Å². The molecule has 0 spiro atoms. The number of aromatic nitrogens is 2. The molecule has 0 radical (unpaired) electrons. The number of allylic oxidation sites excluding steroid dienone is 2. The van der Waals surface area contributed by atoms with Gasteiger partial charge in [0.25, 0.3) is 11.8 Å². The van der Waals surface area contributed by atoms with Gasteiger partial charge in [-0.2, -0.15) is 17.6 Å². The minimum absolute atomic E-state index is 0.00177. The number of amides is 1. The number of nitrogens with two attached hydrogens (primary N) is 1. The van der Waals surface area contributed by atoms with Crippen molar-refractivity contribution in [2.45, 2.75) is 18.9 Å². The molecule has 170 valence electrons. The Balaban J connectivity index is 2.37. The van der Waals surface area contributed by atoms with Crippen LogP contribution in [0.4, 0.5) is 5.82 Å². The second-order valence-electron chi connectivity index (χ2n) is 6.72. The lowest BCUT2D eigenvalue weighted by atomic mass is 10.1. The Labute approximate surface area is 185 Å². The number of likely N-dealkylation sites (tertiary alicyclic amines) is 1. The van der Waals surface area contributed by atoms with Gasteiger partial charge in [-0.15, -0.1) is 0 Å². The van der Waals surface area contributed by atoms with E-state index in [4.69, 9.17) is 20.3 Å². The highest BCUT2D eigenvalue weighted by atomic mass is 32.1. The second kappa shape index (κ2) is 11.4. The maximum Gasteiger partial charge on any atom is 0.322 e. The van der Waals surface area contributed by atoms with Crippen molar-refractivity contribution >= 4 is 42.7 Å². The van der Waals surface area contributed by atoms with Gasteiger partial charge in [0.2, 0.25) is 0 Å². The van der Waals surface area contributed by atoms with Crippen LogP contribution >= 0.6 is 12.6 Å². The Kier molecular flexibility index (Phi) is 8.94. The topological polar surface area (TPSA) is 155 Å². The molecule has 0 aliphatic carbocycles. The molecule has 31 heavy (non-hydrogen) atoms. The number of thiol groups is 1. The van der Waals surface area contributed by atoms with Gasteiger partial charge in [-0.25, -0.2) is 0 Å². The number of hydrogen-bond donors (Lipinski definition) is 5. The minimum atomic E-state index is -1.04. The zero-order chi connectivity index (χ0) is 23.0. The van der Waals surface area contributed by atoms with Crippen LogP contribution in [0.5, 0.6) is 5.88 Å². The number of anilines is 1. The summed E-state index contributed by atoms with van der Waals surface area (Å²) in [5.74, 6) is -0.142. The van der Waals surface area contributed by atoms with Crippen molar-refractivity contribution in [2.24, 2.45) is 10.7 Å². The number of carboxylic acid groups (broad SMARTS) is 1. The predicted molar refractivity (Wildman–Crippen MR) is 120 cm³/mol. The number of ether oxygens (including phenoxy) is 2. The molecule has 1 aromatic rings. The van der Waals surface area contributed by atoms with Gasteiger partial charge in [-0.3, -0.25) is 14.6 Å². The number of carbonyl (C=O) groups excluding carboxylic acids is 1. The van der Waals surface area contributed by atoms with Crippen LogP contribution in [0.25, 0.3) is 5.70 Å². The van der Waals surface area contributed by atoms with Crippen LogP contribution in [0.1, 0.15) is 18.7 Å². The van der Waals surface area contributed by atoms with Crippen LogP contribution in [0, 0.1) is 0 Å². The molecular formula is C19H28N6O5S. The zero-order valence-corrected chi connectivity index (χ0v) is 18.4. The third-order valence-corrected chi connectivity index (χ3v) is 4.91.